The first kappa shape index (κ1) is 18.4. The molecule has 0 radical (unpaired) electrons. The molecule has 0 fully saturated rings. The lowest BCUT2D eigenvalue weighted by atomic mass is 10.2. The van der Waals surface area contributed by atoms with Crippen LogP contribution in [-0.2, 0) is 7.05 Å². The number of methoxy groups -OCH3 is 1. The maximum Gasteiger partial charge on any atom is 0.334 e. The number of amides is 1. The van der Waals surface area contributed by atoms with Gasteiger partial charge in [0.15, 0.2) is 17.2 Å². The summed E-state index contributed by atoms with van der Waals surface area (Å²) < 4.78 is 21.2. The van der Waals surface area contributed by atoms with Crippen molar-refractivity contribution in [2.75, 3.05) is 7.11 Å². The number of carbonyl (C=O) groups excluding carboxylic acids is 1. The predicted octanol–water partition coefficient (Wildman–Crippen LogP) is 2.03. The molecule has 0 aliphatic heterocycles. The van der Waals surface area contributed by atoms with Crippen molar-refractivity contribution >= 4 is 17.1 Å². The smallest absolute Gasteiger partial charge is 0.334 e. The van der Waals surface area contributed by atoms with Crippen molar-refractivity contribution in [2.24, 2.45) is 12.8 Å². The Morgan fingerprint density at radius 3 is 2.52 bits per heavy atom. The van der Waals surface area contributed by atoms with E-state index in [0.29, 0.717) is 17.0 Å². The average molecular weight is 393 g/mol. The lowest BCUT2D eigenvalue weighted by molar-refractivity contribution is 0.0997. The number of ether oxygens (including phenoxy) is 1. The molecular weight excluding hydrogens is 377 g/mol. The van der Waals surface area contributed by atoms with Crippen LogP contribution in [0.5, 0.6) is 5.75 Å². The molecule has 0 aliphatic carbocycles. The minimum Gasteiger partial charge on any atom is -0.497 e. The summed E-state index contributed by atoms with van der Waals surface area (Å²) in [6, 6.07) is 12.3. The van der Waals surface area contributed by atoms with E-state index in [-0.39, 0.29) is 22.7 Å². The van der Waals surface area contributed by atoms with E-state index in [9.17, 15) is 14.0 Å². The normalized spacial score (nSPS) is 11.0. The Labute approximate surface area is 164 Å². The van der Waals surface area contributed by atoms with Gasteiger partial charge in [-0.3, -0.25) is 9.36 Å². The first-order chi connectivity index (χ1) is 13.9. The van der Waals surface area contributed by atoms with Crippen molar-refractivity contribution in [3.63, 3.8) is 0 Å². The quantitative estimate of drug-likeness (QED) is 0.571. The maximum atomic E-state index is 13.3. The van der Waals surface area contributed by atoms with Crippen molar-refractivity contribution in [2.45, 2.75) is 0 Å². The standard InChI is InChI=1S/C20H16FN5O3/c1-25-16-15(17(22)27)23-18(11-6-8-12(21)9-7-11)24-19(16)26(20(25)28)13-4-3-5-14(10-13)29-2/h3-10H,1-2H3,(H2,22,27). The summed E-state index contributed by atoms with van der Waals surface area (Å²) >= 11 is 0. The predicted molar refractivity (Wildman–Crippen MR) is 105 cm³/mol. The fourth-order valence-corrected chi connectivity index (χ4v) is 3.13. The molecule has 2 aromatic heterocycles. The summed E-state index contributed by atoms with van der Waals surface area (Å²) in [5, 5.41) is 0. The van der Waals surface area contributed by atoms with E-state index in [1.807, 2.05) is 0 Å². The molecule has 0 spiro atoms. The number of nitrogens with zero attached hydrogens (tertiary/aromatic N) is 4. The molecule has 0 unspecified atom stereocenters. The minimum absolute atomic E-state index is 0.101. The number of aromatic nitrogens is 4. The highest BCUT2D eigenvalue weighted by Crippen LogP contribution is 2.24. The number of nitrogens with two attached hydrogens (primary N) is 1. The summed E-state index contributed by atoms with van der Waals surface area (Å²) in [6.45, 7) is 0. The fraction of sp³-hybridized carbons (Fsp3) is 0.100. The number of hydrogen-bond donors (Lipinski definition) is 1. The van der Waals surface area contributed by atoms with E-state index in [4.69, 9.17) is 10.5 Å². The van der Waals surface area contributed by atoms with Gasteiger partial charge in [-0.2, -0.15) is 0 Å². The molecule has 1 amide bonds. The monoisotopic (exact) mass is 393 g/mol. The van der Waals surface area contributed by atoms with Crippen molar-refractivity contribution in [3.8, 4) is 22.8 Å². The molecule has 0 aliphatic rings. The third-order valence-corrected chi connectivity index (χ3v) is 4.54. The molecule has 2 aromatic carbocycles. The Kier molecular flexibility index (Phi) is 4.34. The summed E-state index contributed by atoms with van der Waals surface area (Å²) in [5.41, 5.74) is 6.38. The van der Waals surface area contributed by atoms with Gasteiger partial charge in [0, 0.05) is 18.7 Å². The highest BCUT2D eigenvalue weighted by Gasteiger charge is 2.23. The second-order valence-corrected chi connectivity index (χ2v) is 6.32. The third-order valence-electron chi connectivity index (χ3n) is 4.54. The summed E-state index contributed by atoms with van der Waals surface area (Å²) in [5.74, 6) is -0.528. The van der Waals surface area contributed by atoms with Crippen molar-refractivity contribution in [1.82, 2.24) is 19.1 Å². The molecule has 4 rings (SSSR count). The highest BCUT2D eigenvalue weighted by atomic mass is 19.1. The van der Waals surface area contributed by atoms with Gasteiger partial charge in [-0.25, -0.2) is 23.7 Å². The first-order valence-corrected chi connectivity index (χ1v) is 8.60. The lowest BCUT2D eigenvalue weighted by Gasteiger charge is -2.08. The van der Waals surface area contributed by atoms with Crippen molar-refractivity contribution in [3.05, 3.63) is 70.5 Å². The number of benzene rings is 2. The molecular formula is C20H16FN5O3. The molecule has 0 saturated carbocycles. The number of imidazole rings is 1. The molecule has 8 nitrogen and oxygen atoms in total. The lowest BCUT2D eigenvalue weighted by Crippen LogP contribution is -2.21. The summed E-state index contributed by atoms with van der Waals surface area (Å²) in [7, 11) is 3.03. The largest absolute Gasteiger partial charge is 0.497 e. The highest BCUT2D eigenvalue weighted by molar-refractivity contribution is 6.02. The molecule has 4 aromatic rings. The average Bonchev–Trinajstić information content (AvgIpc) is 2.98. The molecule has 2 heterocycles. The van der Waals surface area contributed by atoms with Gasteiger partial charge in [-0.1, -0.05) is 6.07 Å². The van der Waals surface area contributed by atoms with Crippen LogP contribution in [0.1, 0.15) is 10.5 Å². The molecule has 9 heteroatoms. The Morgan fingerprint density at radius 2 is 1.86 bits per heavy atom. The van der Waals surface area contributed by atoms with Crippen LogP contribution in [0.25, 0.3) is 28.2 Å². The molecule has 0 atom stereocenters. The van der Waals surface area contributed by atoms with Crippen LogP contribution in [0.4, 0.5) is 4.39 Å². The Bertz CT molecular complexity index is 1310. The van der Waals surface area contributed by atoms with Gasteiger partial charge in [-0.15, -0.1) is 0 Å². The van der Waals surface area contributed by atoms with Gasteiger partial charge in [0.25, 0.3) is 5.91 Å². The number of primary amides is 1. The van der Waals surface area contributed by atoms with E-state index >= 15 is 0 Å². The van der Waals surface area contributed by atoms with E-state index in [1.54, 1.807) is 24.3 Å². The van der Waals surface area contributed by atoms with Crippen LogP contribution in [-0.4, -0.2) is 32.1 Å². The van der Waals surface area contributed by atoms with Gasteiger partial charge in [0.05, 0.1) is 12.8 Å². The number of halogens is 1. The first-order valence-electron chi connectivity index (χ1n) is 8.60. The second-order valence-electron chi connectivity index (χ2n) is 6.32. The SMILES string of the molecule is COc1cccc(-n2c(=O)n(C)c3c(C(N)=O)nc(-c4ccc(F)cc4)nc32)c1. The molecule has 29 heavy (non-hydrogen) atoms. The topological polar surface area (TPSA) is 105 Å². The van der Waals surface area contributed by atoms with E-state index in [0.717, 1.165) is 0 Å². The van der Waals surface area contributed by atoms with Crippen LogP contribution in [0, 0.1) is 5.82 Å². The summed E-state index contributed by atoms with van der Waals surface area (Å²) in [6.07, 6.45) is 0. The van der Waals surface area contributed by atoms with Gasteiger partial charge in [-0.05, 0) is 36.4 Å². The van der Waals surface area contributed by atoms with Crippen LogP contribution in [0.2, 0.25) is 0 Å². The number of rotatable bonds is 4. The van der Waals surface area contributed by atoms with Gasteiger partial charge >= 0.3 is 5.69 Å². The maximum absolute atomic E-state index is 13.3. The van der Waals surface area contributed by atoms with Crippen LogP contribution < -0.4 is 16.2 Å². The molecule has 2 N–H and O–H groups in total. The Hall–Kier alpha value is -4.01. The fourth-order valence-electron chi connectivity index (χ4n) is 3.13. The molecule has 0 saturated heterocycles. The Balaban J connectivity index is 2.09. The Morgan fingerprint density at radius 1 is 1.14 bits per heavy atom. The van der Waals surface area contributed by atoms with E-state index < -0.39 is 17.4 Å². The zero-order chi connectivity index (χ0) is 20.7. The molecule has 146 valence electrons. The van der Waals surface area contributed by atoms with Gasteiger partial charge in [0.1, 0.15) is 17.1 Å². The summed E-state index contributed by atoms with van der Waals surface area (Å²) in [4.78, 5) is 33.8. The van der Waals surface area contributed by atoms with Crippen molar-refractivity contribution < 1.29 is 13.9 Å². The van der Waals surface area contributed by atoms with Crippen LogP contribution >= 0.6 is 0 Å². The zero-order valence-corrected chi connectivity index (χ0v) is 15.6. The second kappa shape index (κ2) is 6.86. The number of fused-ring (bicyclic) bond motifs is 1. The van der Waals surface area contributed by atoms with Gasteiger partial charge < -0.3 is 10.5 Å². The van der Waals surface area contributed by atoms with E-state index in [1.165, 1.54) is 47.6 Å². The number of aryl methyl sites for hydroxylation is 1. The van der Waals surface area contributed by atoms with Crippen molar-refractivity contribution in [1.29, 1.82) is 0 Å². The van der Waals surface area contributed by atoms with Crippen LogP contribution in [0.3, 0.4) is 0 Å². The third kappa shape index (κ3) is 3.02. The number of carbonyl (C=O) groups is 1. The van der Waals surface area contributed by atoms with Crippen LogP contribution in [0.15, 0.2) is 53.3 Å². The van der Waals surface area contributed by atoms with E-state index in [2.05, 4.69) is 9.97 Å². The molecule has 0 bridgehead atoms. The zero-order valence-electron chi connectivity index (χ0n) is 15.6. The number of hydrogen-bond acceptors (Lipinski definition) is 5. The van der Waals surface area contributed by atoms with Gasteiger partial charge in [0.2, 0.25) is 0 Å². The minimum atomic E-state index is -0.806.